The van der Waals surface area contributed by atoms with Crippen LogP contribution in [0.4, 0.5) is 0 Å². The van der Waals surface area contributed by atoms with Gasteiger partial charge in [0, 0.05) is 31.0 Å². The van der Waals surface area contributed by atoms with Crippen LogP contribution in [0, 0.1) is 0 Å². The van der Waals surface area contributed by atoms with Crippen LogP contribution in [0.15, 0.2) is 46.6 Å². The summed E-state index contributed by atoms with van der Waals surface area (Å²) in [5, 5.41) is 13.9. The van der Waals surface area contributed by atoms with Crippen molar-refractivity contribution in [1.82, 2.24) is 20.3 Å². The van der Waals surface area contributed by atoms with Crippen molar-refractivity contribution < 1.29 is 4.52 Å². The molecule has 6 heteroatoms. The van der Waals surface area contributed by atoms with Crippen molar-refractivity contribution >= 4 is 11.3 Å². The second-order valence-electron chi connectivity index (χ2n) is 5.06. The van der Waals surface area contributed by atoms with E-state index in [-0.39, 0.29) is 12.1 Å². The average molecular weight is 302 g/mol. The fourth-order valence-corrected chi connectivity index (χ4v) is 2.79. The summed E-state index contributed by atoms with van der Waals surface area (Å²) in [7, 11) is 0. The van der Waals surface area contributed by atoms with Crippen molar-refractivity contribution in [1.29, 1.82) is 0 Å². The van der Waals surface area contributed by atoms with Crippen molar-refractivity contribution in [2.75, 3.05) is 0 Å². The molecule has 0 radical (unpaired) electrons. The molecule has 0 fully saturated rings. The molecular formula is C15H18N4OS. The highest BCUT2D eigenvalue weighted by Gasteiger charge is 2.15. The van der Waals surface area contributed by atoms with Crippen molar-refractivity contribution in [2.24, 2.45) is 0 Å². The number of rotatable bonds is 6. The lowest BCUT2D eigenvalue weighted by molar-refractivity contribution is 0.357. The molecule has 3 rings (SSSR count). The maximum absolute atomic E-state index is 5.38. The van der Waals surface area contributed by atoms with Gasteiger partial charge in [-0.15, -0.1) is 11.3 Å². The molecule has 0 aliphatic carbocycles. The van der Waals surface area contributed by atoms with Crippen LogP contribution in [0.5, 0.6) is 0 Å². The molecule has 0 amide bonds. The summed E-state index contributed by atoms with van der Waals surface area (Å²) in [5.74, 6) is 0.828. The molecule has 21 heavy (non-hydrogen) atoms. The lowest BCUT2D eigenvalue weighted by Gasteiger charge is -2.21. The number of thiophene rings is 1. The maximum Gasteiger partial charge on any atom is 0.177 e. The lowest BCUT2D eigenvalue weighted by Crippen LogP contribution is -2.33. The molecule has 0 saturated heterocycles. The smallest absolute Gasteiger partial charge is 0.177 e. The van der Waals surface area contributed by atoms with Gasteiger partial charge in [0.2, 0.25) is 0 Å². The molecule has 1 N–H and O–H groups in total. The Morgan fingerprint density at radius 3 is 3.00 bits per heavy atom. The molecule has 3 aromatic heterocycles. The lowest BCUT2D eigenvalue weighted by atomic mass is 10.1. The standard InChI is InChI=1S/C15H18N4OS/c1-11(12(2)19-7-4-6-17-19)16-10-13-9-14(20-18-13)15-5-3-8-21-15/h3-9,11-12,16H,10H2,1-2H3. The van der Waals surface area contributed by atoms with E-state index in [1.807, 2.05) is 40.5 Å². The monoisotopic (exact) mass is 302 g/mol. The molecule has 3 heterocycles. The predicted octanol–water partition coefficient (Wildman–Crippen LogP) is 3.34. The summed E-state index contributed by atoms with van der Waals surface area (Å²) in [4.78, 5) is 1.10. The van der Waals surface area contributed by atoms with Crippen molar-refractivity contribution in [3.05, 3.63) is 47.7 Å². The highest BCUT2D eigenvalue weighted by molar-refractivity contribution is 7.13. The summed E-state index contributed by atoms with van der Waals surface area (Å²) < 4.78 is 7.33. The summed E-state index contributed by atoms with van der Waals surface area (Å²) in [5.41, 5.74) is 0.915. The number of nitrogens with zero attached hydrogens (tertiary/aromatic N) is 3. The fourth-order valence-electron chi connectivity index (χ4n) is 2.12. The Balaban J connectivity index is 1.58. The summed E-state index contributed by atoms with van der Waals surface area (Å²) in [6, 6.07) is 8.53. The zero-order valence-electron chi connectivity index (χ0n) is 12.1. The van der Waals surface area contributed by atoms with E-state index in [2.05, 4.69) is 29.4 Å². The molecule has 0 bridgehead atoms. The largest absolute Gasteiger partial charge is 0.355 e. The third-order valence-electron chi connectivity index (χ3n) is 3.59. The van der Waals surface area contributed by atoms with E-state index in [0.717, 1.165) is 16.3 Å². The van der Waals surface area contributed by atoms with Gasteiger partial charge in [0.05, 0.1) is 16.6 Å². The van der Waals surface area contributed by atoms with Crippen molar-refractivity contribution in [2.45, 2.75) is 32.5 Å². The Hall–Kier alpha value is -1.92. The third-order valence-corrected chi connectivity index (χ3v) is 4.48. The van der Waals surface area contributed by atoms with Gasteiger partial charge in [-0.2, -0.15) is 5.10 Å². The normalized spacial score (nSPS) is 14.2. The first-order chi connectivity index (χ1) is 10.2. The summed E-state index contributed by atoms with van der Waals surface area (Å²) in [6.07, 6.45) is 3.78. The van der Waals surface area contributed by atoms with Crippen LogP contribution in [-0.4, -0.2) is 21.0 Å². The third kappa shape index (κ3) is 3.22. The number of hydrogen-bond acceptors (Lipinski definition) is 5. The van der Waals surface area contributed by atoms with Gasteiger partial charge in [0.25, 0.3) is 0 Å². The average Bonchev–Trinajstić information content (AvgIpc) is 3.25. The van der Waals surface area contributed by atoms with Crippen molar-refractivity contribution in [3.63, 3.8) is 0 Å². The summed E-state index contributed by atoms with van der Waals surface area (Å²) in [6.45, 7) is 4.97. The van der Waals surface area contributed by atoms with Crippen LogP contribution in [0.25, 0.3) is 10.6 Å². The molecule has 0 aliphatic rings. The SMILES string of the molecule is CC(NCc1cc(-c2cccs2)on1)C(C)n1cccn1. The zero-order valence-corrected chi connectivity index (χ0v) is 12.9. The van der Waals surface area contributed by atoms with Gasteiger partial charge in [-0.25, -0.2) is 0 Å². The first kappa shape index (κ1) is 14.0. The Bertz CT molecular complexity index is 660. The van der Waals surface area contributed by atoms with Gasteiger partial charge in [0.1, 0.15) is 0 Å². The Morgan fingerprint density at radius 1 is 1.38 bits per heavy atom. The molecule has 5 nitrogen and oxygen atoms in total. The zero-order chi connectivity index (χ0) is 14.7. The minimum absolute atomic E-state index is 0.281. The molecule has 0 spiro atoms. The van der Waals surface area contributed by atoms with E-state index >= 15 is 0 Å². The Labute approximate surface area is 127 Å². The van der Waals surface area contributed by atoms with Crippen LogP contribution in [0.3, 0.4) is 0 Å². The second-order valence-corrected chi connectivity index (χ2v) is 6.00. The summed E-state index contributed by atoms with van der Waals surface area (Å²) >= 11 is 1.65. The Morgan fingerprint density at radius 2 is 2.29 bits per heavy atom. The molecule has 110 valence electrons. The van der Waals surface area contributed by atoms with Crippen LogP contribution in [-0.2, 0) is 6.54 Å². The first-order valence-electron chi connectivity index (χ1n) is 6.96. The highest BCUT2D eigenvalue weighted by atomic mass is 32.1. The van der Waals surface area contributed by atoms with E-state index in [1.54, 1.807) is 17.5 Å². The Kier molecular flexibility index (Phi) is 4.17. The molecule has 2 unspecified atom stereocenters. The minimum Gasteiger partial charge on any atom is -0.355 e. The van der Waals surface area contributed by atoms with E-state index < -0.39 is 0 Å². The maximum atomic E-state index is 5.38. The minimum atomic E-state index is 0.281. The molecule has 0 aliphatic heterocycles. The van der Waals surface area contributed by atoms with Gasteiger partial charge in [-0.3, -0.25) is 4.68 Å². The van der Waals surface area contributed by atoms with Gasteiger partial charge in [-0.1, -0.05) is 11.2 Å². The van der Waals surface area contributed by atoms with Crippen molar-refractivity contribution in [3.8, 4) is 10.6 Å². The molecule has 2 atom stereocenters. The van der Waals surface area contributed by atoms with Gasteiger partial charge < -0.3 is 9.84 Å². The molecule has 3 aromatic rings. The molecule has 0 saturated carbocycles. The molecule has 0 aromatic carbocycles. The first-order valence-corrected chi connectivity index (χ1v) is 7.84. The number of nitrogens with one attached hydrogen (secondary N) is 1. The van der Waals surface area contributed by atoms with Crippen LogP contribution < -0.4 is 5.32 Å². The second kappa shape index (κ2) is 6.24. The highest BCUT2D eigenvalue weighted by Crippen LogP contribution is 2.25. The van der Waals surface area contributed by atoms with Gasteiger partial charge in [-0.05, 0) is 31.4 Å². The van der Waals surface area contributed by atoms with E-state index in [0.29, 0.717) is 6.54 Å². The van der Waals surface area contributed by atoms with Crippen LogP contribution in [0.1, 0.15) is 25.6 Å². The number of aromatic nitrogens is 3. The topological polar surface area (TPSA) is 55.9 Å². The fraction of sp³-hybridized carbons (Fsp3) is 0.333. The van der Waals surface area contributed by atoms with E-state index in [9.17, 15) is 0 Å². The van der Waals surface area contributed by atoms with E-state index in [4.69, 9.17) is 4.52 Å². The van der Waals surface area contributed by atoms with Crippen LogP contribution in [0.2, 0.25) is 0 Å². The van der Waals surface area contributed by atoms with Crippen LogP contribution >= 0.6 is 11.3 Å². The molecular weight excluding hydrogens is 284 g/mol. The quantitative estimate of drug-likeness (QED) is 0.759. The van der Waals surface area contributed by atoms with E-state index in [1.165, 1.54) is 0 Å². The van der Waals surface area contributed by atoms with Gasteiger partial charge >= 0.3 is 0 Å². The van der Waals surface area contributed by atoms with Gasteiger partial charge in [0.15, 0.2) is 5.76 Å². The predicted molar refractivity (Wildman–Crippen MR) is 83.1 cm³/mol. The number of hydrogen-bond donors (Lipinski definition) is 1.